The molecule has 0 aliphatic rings. The Morgan fingerprint density at radius 1 is 1.50 bits per heavy atom. The van der Waals surface area contributed by atoms with E-state index in [-0.39, 0.29) is 11.7 Å². The van der Waals surface area contributed by atoms with Crippen LogP contribution in [-0.2, 0) is 6.54 Å². The van der Waals surface area contributed by atoms with E-state index < -0.39 is 0 Å². The summed E-state index contributed by atoms with van der Waals surface area (Å²) < 4.78 is 13.0. The zero-order chi connectivity index (χ0) is 13.5. The van der Waals surface area contributed by atoms with Gasteiger partial charge in [-0.15, -0.1) is 0 Å². The number of nitrogens with two attached hydrogens (primary N) is 1. The number of hydrogen-bond donors (Lipinski definition) is 2. The number of halogens is 1. The molecule has 1 aromatic rings. The molecule has 4 nitrogen and oxygen atoms in total. The fourth-order valence-electron chi connectivity index (χ4n) is 1.75. The topological polar surface area (TPSA) is 61.8 Å². The van der Waals surface area contributed by atoms with Crippen LogP contribution in [-0.4, -0.2) is 29.0 Å². The first kappa shape index (κ1) is 14.4. The second kappa shape index (κ2) is 6.96. The molecule has 0 saturated heterocycles. The van der Waals surface area contributed by atoms with Gasteiger partial charge in [-0.3, -0.25) is 4.90 Å². The van der Waals surface area contributed by atoms with Gasteiger partial charge in [0, 0.05) is 19.5 Å². The van der Waals surface area contributed by atoms with Gasteiger partial charge >= 0.3 is 0 Å². The first-order chi connectivity index (χ1) is 8.56. The van der Waals surface area contributed by atoms with Crippen molar-refractivity contribution < 1.29 is 9.60 Å². The fraction of sp³-hybridized carbons (Fsp3) is 0.462. The van der Waals surface area contributed by atoms with Crippen LogP contribution in [0.2, 0.25) is 0 Å². The van der Waals surface area contributed by atoms with Crippen LogP contribution in [0.3, 0.4) is 0 Å². The summed E-state index contributed by atoms with van der Waals surface area (Å²) in [6, 6.07) is 4.81. The highest BCUT2D eigenvalue weighted by Gasteiger charge is 2.07. The molecule has 0 spiro atoms. The molecule has 0 unspecified atom stereocenters. The normalized spacial score (nSPS) is 12.1. The lowest BCUT2D eigenvalue weighted by Crippen LogP contribution is -2.28. The van der Waals surface area contributed by atoms with E-state index in [0.29, 0.717) is 13.0 Å². The predicted molar refractivity (Wildman–Crippen MR) is 70.1 cm³/mol. The van der Waals surface area contributed by atoms with Crippen molar-refractivity contribution in [2.45, 2.75) is 26.8 Å². The minimum Gasteiger partial charge on any atom is -0.409 e. The highest BCUT2D eigenvalue weighted by atomic mass is 19.1. The van der Waals surface area contributed by atoms with Gasteiger partial charge in [0.15, 0.2) is 0 Å². The smallest absolute Gasteiger partial charge is 0.140 e. The molecule has 0 saturated carbocycles. The zero-order valence-electron chi connectivity index (χ0n) is 10.9. The summed E-state index contributed by atoms with van der Waals surface area (Å²) in [5, 5.41) is 11.4. The number of aryl methyl sites for hydroxylation is 1. The minimum absolute atomic E-state index is 0.212. The van der Waals surface area contributed by atoms with Gasteiger partial charge in [-0.2, -0.15) is 0 Å². The molecule has 0 aliphatic heterocycles. The Labute approximate surface area is 107 Å². The number of amidine groups is 1. The molecule has 3 N–H and O–H groups in total. The van der Waals surface area contributed by atoms with Crippen molar-refractivity contribution in [3.63, 3.8) is 0 Å². The van der Waals surface area contributed by atoms with Crippen molar-refractivity contribution in [2.24, 2.45) is 10.9 Å². The van der Waals surface area contributed by atoms with Crippen LogP contribution in [0.4, 0.5) is 4.39 Å². The maximum atomic E-state index is 13.0. The van der Waals surface area contributed by atoms with Crippen LogP contribution in [0.25, 0.3) is 0 Å². The molecule has 5 heteroatoms. The van der Waals surface area contributed by atoms with E-state index >= 15 is 0 Å². The summed E-state index contributed by atoms with van der Waals surface area (Å²) in [4.78, 5) is 2.16. The molecule has 1 aromatic carbocycles. The van der Waals surface area contributed by atoms with Gasteiger partial charge in [-0.1, -0.05) is 18.1 Å². The number of oxime groups is 1. The summed E-state index contributed by atoms with van der Waals surface area (Å²) in [6.45, 7) is 6.25. The van der Waals surface area contributed by atoms with Gasteiger partial charge < -0.3 is 10.9 Å². The van der Waals surface area contributed by atoms with Crippen LogP contribution in [0, 0.1) is 12.7 Å². The van der Waals surface area contributed by atoms with Crippen LogP contribution in [0.15, 0.2) is 23.4 Å². The van der Waals surface area contributed by atoms with Gasteiger partial charge in [0.2, 0.25) is 0 Å². The van der Waals surface area contributed by atoms with Gasteiger partial charge in [0.1, 0.15) is 11.7 Å². The third kappa shape index (κ3) is 4.33. The van der Waals surface area contributed by atoms with E-state index in [4.69, 9.17) is 10.9 Å². The standard InChI is InChI=1S/C13H20FN3O/c1-3-17(7-6-13(15)16-18)9-11-4-5-12(14)8-10(11)2/h4-5,8,18H,3,6-7,9H2,1-2H3,(H2,15,16). The monoisotopic (exact) mass is 253 g/mol. The Bertz CT molecular complexity index is 421. The summed E-state index contributed by atoms with van der Waals surface area (Å²) in [5.41, 5.74) is 7.48. The predicted octanol–water partition coefficient (Wildman–Crippen LogP) is 2.09. The maximum absolute atomic E-state index is 13.0. The number of hydrogen-bond acceptors (Lipinski definition) is 3. The average Bonchev–Trinajstić information content (AvgIpc) is 2.36. The average molecular weight is 253 g/mol. The van der Waals surface area contributed by atoms with E-state index in [1.807, 2.05) is 13.8 Å². The summed E-state index contributed by atoms with van der Waals surface area (Å²) >= 11 is 0. The number of benzene rings is 1. The molecular weight excluding hydrogens is 233 g/mol. The zero-order valence-corrected chi connectivity index (χ0v) is 10.9. The lowest BCUT2D eigenvalue weighted by atomic mass is 10.1. The summed E-state index contributed by atoms with van der Waals surface area (Å²) in [5.74, 6) is 0.0141. The third-order valence-corrected chi connectivity index (χ3v) is 2.96. The fourth-order valence-corrected chi connectivity index (χ4v) is 1.75. The summed E-state index contributed by atoms with van der Waals surface area (Å²) in [7, 11) is 0. The Hall–Kier alpha value is -1.62. The highest BCUT2D eigenvalue weighted by molar-refractivity contribution is 5.79. The van der Waals surface area contributed by atoms with Crippen molar-refractivity contribution in [1.82, 2.24) is 4.90 Å². The molecule has 0 heterocycles. The van der Waals surface area contributed by atoms with E-state index in [1.165, 1.54) is 12.1 Å². The second-order valence-corrected chi connectivity index (χ2v) is 4.28. The Balaban J connectivity index is 2.62. The first-order valence-corrected chi connectivity index (χ1v) is 6.00. The molecule has 0 fully saturated rings. The van der Waals surface area contributed by atoms with E-state index in [2.05, 4.69) is 10.1 Å². The minimum atomic E-state index is -0.212. The molecule has 0 aromatic heterocycles. The summed E-state index contributed by atoms with van der Waals surface area (Å²) in [6.07, 6.45) is 0.518. The largest absolute Gasteiger partial charge is 0.409 e. The van der Waals surface area contributed by atoms with Crippen molar-refractivity contribution >= 4 is 5.84 Å². The Morgan fingerprint density at radius 3 is 2.78 bits per heavy atom. The molecule has 0 aliphatic carbocycles. The van der Waals surface area contributed by atoms with Gasteiger partial charge in [-0.25, -0.2) is 4.39 Å². The molecule has 0 atom stereocenters. The van der Waals surface area contributed by atoms with E-state index in [0.717, 1.165) is 24.2 Å². The van der Waals surface area contributed by atoms with Crippen molar-refractivity contribution in [3.05, 3.63) is 35.1 Å². The van der Waals surface area contributed by atoms with Gasteiger partial charge in [-0.05, 0) is 36.7 Å². The first-order valence-electron chi connectivity index (χ1n) is 6.00. The SMILES string of the molecule is CCN(CC/C(N)=N/O)Cc1ccc(F)cc1C. The number of rotatable bonds is 6. The van der Waals surface area contributed by atoms with Crippen LogP contribution < -0.4 is 5.73 Å². The lowest BCUT2D eigenvalue weighted by molar-refractivity contribution is 0.282. The van der Waals surface area contributed by atoms with Crippen molar-refractivity contribution in [1.29, 1.82) is 0 Å². The van der Waals surface area contributed by atoms with E-state index in [9.17, 15) is 4.39 Å². The van der Waals surface area contributed by atoms with E-state index in [1.54, 1.807) is 6.07 Å². The molecule has 0 amide bonds. The van der Waals surface area contributed by atoms with Crippen LogP contribution in [0.5, 0.6) is 0 Å². The Morgan fingerprint density at radius 2 is 2.22 bits per heavy atom. The van der Waals surface area contributed by atoms with Crippen molar-refractivity contribution in [2.75, 3.05) is 13.1 Å². The van der Waals surface area contributed by atoms with Crippen LogP contribution in [0.1, 0.15) is 24.5 Å². The highest BCUT2D eigenvalue weighted by Crippen LogP contribution is 2.12. The molecule has 0 radical (unpaired) electrons. The second-order valence-electron chi connectivity index (χ2n) is 4.28. The molecule has 18 heavy (non-hydrogen) atoms. The molecule has 100 valence electrons. The van der Waals surface area contributed by atoms with Gasteiger partial charge in [0.25, 0.3) is 0 Å². The lowest BCUT2D eigenvalue weighted by Gasteiger charge is -2.21. The molecule has 1 rings (SSSR count). The maximum Gasteiger partial charge on any atom is 0.140 e. The Kier molecular flexibility index (Phi) is 5.58. The third-order valence-electron chi connectivity index (χ3n) is 2.96. The molecular formula is C13H20FN3O. The van der Waals surface area contributed by atoms with Crippen molar-refractivity contribution in [3.8, 4) is 0 Å². The van der Waals surface area contributed by atoms with Crippen LogP contribution >= 0.6 is 0 Å². The number of nitrogens with zero attached hydrogens (tertiary/aromatic N) is 2. The molecule has 0 bridgehead atoms. The van der Waals surface area contributed by atoms with Gasteiger partial charge in [0.05, 0.1) is 0 Å². The quantitative estimate of drug-likeness (QED) is 0.353.